The number of aromatic nitrogens is 3. The highest BCUT2D eigenvalue weighted by atomic mass is 127. The first-order valence-corrected chi connectivity index (χ1v) is 6.86. The Labute approximate surface area is 126 Å². The summed E-state index contributed by atoms with van der Waals surface area (Å²) in [5.74, 6) is 0.775. The quantitative estimate of drug-likeness (QED) is 0.416. The summed E-state index contributed by atoms with van der Waals surface area (Å²) in [6.07, 6.45) is 1.72. The molecular weight excluding hydrogens is 444 g/mol. The van der Waals surface area contributed by atoms with Crippen LogP contribution in [0.4, 0.5) is 0 Å². The smallest absolute Gasteiger partial charge is 0.139 e. The summed E-state index contributed by atoms with van der Waals surface area (Å²) in [6.45, 7) is 1.88. The normalized spacial score (nSPS) is 10.5. The molecule has 0 spiro atoms. The number of halogens is 2. The molecular formula is C10H9I2N5. The lowest BCUT2D eigenvalue weighted by Crippen LogP contribution is -2.13. The van der Waals surface area contributed by atoms with Crippen molar-refractivity contribution in [2.24, 2.45) is 5.73 Å². The van der Waals surface area contributed by atoms with Crippen LogP contribution >= 0.6 is 45.2 Å². The van der Waals surface area contributed by atoms with Crippen molar-refractivity contribution in [2.75, 3.05) is 0 Å². The van der Waals surface area contributed by atoms with Crippen LogP contribution in [-0.2, 0) is 0 Å². The number of hydrogen-bond acceptors (Lipinski definition) is 3. The lowest BCUT2D eigenvalue weighted by atomic mass is 10.2. The predicted octanol–water partition coefficient (Wildman–Crippen LogP) is 2.07. The van der Waals surface area contributed by atoms with Crippen molar-refractivity contribution in [3.8, 4) is 5.82 Å². The SMILES string of the molecule is Cc1cc(C(=N)N)cc(-n2cnc(I)c2I)n1. The molecule has 17 heavy (non-hydrogen) atoms. The van der Waals surface area contributed by atoms with Crippen LogP contribution in [0.5, 0.6) is 0 Å². The monoisotopic (exact) mass is 453 g/mol. The standard InChI is InChI=1S/C10H9I2N5/c1-5-2-6(10(13)14)3-7(16-5)17-4-15-8(11)9(17)12/h2-4H,1H3,(H3,13,14). The minimum absolute atomic E-state index is 0.0431. The molecule has 2 aromatic rings. The zero-order chi connectivity index (χ0) is 12.6. The van der Waals surface area contributed by atoms with Crippen LogP contribution in [-0.4, -0.2) is 20.4 Å². The fourth-order valence-electron chi connectivity index (χ4n) is 1.40. The number of pyridine rings is 1. The van der Waals surface area contributed by atoms with Crippen molar-refractivity contribution in [3.63, 3.8) is 0 Å². The van der Waals surface area contributed by atoms with E-state index in [-0.39, 0.29) is 5.84 Å². The number of hydrogen-bond donors (Lipinski definition) is 2. The number of amidine groups is 1. The molecule has 0 fully saturated rings. The summed E-state index contributed by atoms with van der Waals surface area (Å²) >= 11 is 4.38. The summed E-state index contributed by atoms with van der Waals surface area (Å²) in [6, 6.07) is 3.58. The molecule has 3 N–H and O–H groups in total. The predicted molar refractivity (Wildman–Crippen MR) is 82.5 cm³/mol. The van der Waals surface area contributed by atoms with Crippen LogP contribution in [0.25, 0.3) is 5.82 Å². The summed E-state index contributed by atoms with van der Waals surface area (Å²) in [5.41, 5.74) is 7.00. The number of rotatable bonds is 2. The van der Waals surface area contributed by atoms with E-state index < -0.39 is 0 Å². The van der Waals surface area contributed by atoms with Gasteiger partial charge in [0, 0.05) is 11.3 Å². The molecule has 2 heterocycles. The second-order valence-corrected chi connectivity index (χ2v) is 5.51. The molecule has 0 aliphatic rings. The molecule has 2 aromatic heterocycles. The van der Waals surface area contributed by atoms with E-state index in [1.165, 1.54) is 0 Å². The van der Waals surface area contributed by atoms with Gasteiger partial charge in [-0.25, -0.2) is 9.97 Å². The maximum absolute atomic E-state index is 7.47. The van der Waals surface area contributed by atoms with Crippen LogP contribution in [0.2, 0.25) is 0 Å². The van der Waals surface area contributed by atoms with Gasteiger partial charge >= 0.3 is 0 Å². The molecule has 0 atom stereocenters. The Morgan fingerprint density at radius 1 is 1.41 bits per heavy atom. The van der Waals surface area contributed by atoms with Crippen molar-refractivity contribution in [3.05, 3.63) is 37.1 Å². The minimum Gasteiger partial charge on any atom is -0.384 e. The highest BCUT2D eigenvalue weighted by Gasteiger charge is 2.10. The number of nitrogens with zero attached hydrogens (tertiary/aromatic N) is 3. The molecule has 2 rings (SSSR count). The molecule has 0 unspecified atom stereocenters. The molecule has 0 aliphatic heterocycles. The van der Waals surface area contributed by atoms with E-state index in [9.17, 15) is 0 Å². The highest BCUT2D eigenvalue weighted by Crippen LogP contribution is 2.18. The van der Waals surface area contributed by atoms with Crippen LogP contribution in [0.15, 0.2) is 18.5 Å². The van der Waals surface area contributed by atoms with E-state index in [0.717, 1.165) is 18.9 Å². The first-order valence-electron chi connectivity index (χ1n) is 4.71. The molecule has 0 amide bonds. The largest absolute Gasteiger partial charge is 0.384 e. The van der Waals surface area contributed by atoms with E-state index in [1.807, 2.05) is 11.5 Å². The Kier molecular flexibility index (Phi) is 3.66. The number of imidazole rings is 1. The Morgan fingerprint density at radius 3 is 2.65 bits per heavy atom. The van der Waals surface area contributed by atoms with Crippen LogP contribution < -0.4 is 5.73 Å². The van der Waals surface area contributed by atoms with Crippen molar-refractivity contribution >= 4 is 51.0 Å². The van der Waals surface area contributed by atoms with E-state index in [1.54, 1.807) is 18.5 Å². The Morgan fingerprint density at radius 2 is 2.12 bits per heavy atom. The molecule has 0 saturated heterocycles. The molecule has 0 aliphatic carbocycles. The van der Waals surface area contributed by atoms with Gasteiger partial charge in [0.2, 0.25) is 0 Å². The number of nitrogens with two attached hydrogens (primary N) is 1. The maximum atomic E-state index is 7.47. The van der Waals surface area contributed by atoms with Crippen molar-refractivity contribution in [2.45, 2.75) is 6.92 Å². The molecule has 0 aromatic carbocycles. The van der Waals surface area contributed by atoms with E-state index in [2.05, 4.69) is 55.1 Å². The van der Waals surface area contributed by atoms with Gasteiger partial charge in [-0.3, -0.25) is 9.98 Å². The lowest BCUT2D eigenvalue weighted by molar-refractivity contribution is 0.952. The summed E-state index contributed by atoms with van der Waals surface area (Å²) in [5, 5.41) is 7.47. The zero-order valence-electron chi connectivity index (χ0n) is 8.91. The second kappa shape index (κ2) is 4.88. The van der Waals surface area contributed by atoms with Gasteiger partial charge in [-0.05, 0) is 64.2 Å². The average Bonchev–Trinajstić information content (AvgIpc) is 2.59. The summed E-state index contributed by atoms with van der Waals surface area (Å²) in [7, 11) is 0. The van der Waals surface area contributed by atoms with Crippen LogP contribution in [0, 0.1) is 19.7 Å². The van der Waals surface area contributed by atoms with Gasteiger partial charge in [0.1, 0.15) is 25.4 Å². The summed E-state index contributed by atoms with van der Waals surface area (Å²) < 4.78 is 3.80. The van der Waals surface area contributed by atoms with Crippen molar-refractivity contribution in [1.29, 1.82) is 5.41 Å². The molecule has 0 radical (unpaired) electrons. The lowest BCUT2D eigenvalue weighted by Gasteiger charge is -2.07. The fraction of sp³-hybridized carbons (Fsp3) is 0.100. The minimum atomic E-state index is 0.0431. The van der Waals surface area contributed by atoms with Crippen molar-refractivity contribution in [1.82, 2.24) is 14.5 Å². The Balaban J connectivity index is 2.60. The second-order valence-electron chi connectivity index (χ2n) is 3.47. The Bertz CT molecular complexity index is 590. The van der Waals surface area contributed by atoms with Crippen LogP contribution in [0.3, 0.4) is 0 Å². The number of nitrogen functional groups attached to an aromatic ring is 1. The third-order valence-corrected chi connectivity index (χ3v) is 5.02. The van der Waals surface area contributed by atoms with Crippen LogP contribution in [0.1, 0.15) is 11.3 Å². The third-order valence-electron chi connectivity index (χ3n) is 2.17. The topological polar surface area (TPSA) is 80.6 Å². The van der Waals surface area contributed by atoms with Crippen molar-refractivity contribution < 1.29 is 0 Å². The first-order chi connectivity index (χ1) is 7.99. The Hall–Kier alpha value is -0.710. The van der Waals surface area contributed by atoms with E-state index in [4.69, 9.17) is 11.1 Å². The maximum Gasteiger partial charge on any atom is 0.139 e. The number of aryl methyl sites for hydroxylation is 1. The zero-order valence-corrected chi connectivity index (χ0v) is 13.2. The van der Waals surface area contributed by atoms with E-state index in [0.29, 0.717) is 5.56 Å². The van der Waals surface area contributed by atoms with Gasteiger partial charge in [-0.2, -0.15) is 0 Å². The molecule has 7 heteroatoms. The molecule has 5 nitrogen and oxygen atoms in total. The van der Waals surface area contributed by atoms with Gasteiger partial charge in [-0.15, -0.1) is 0 Å². The number of nitrogens with one attached hydrogen (secondary N) is 1. The first kappa shape index (κ1) is 12.7. The fourth-order valence-corrected chi connectivity index (χ4v) is 2.30. The average molecular weight is 453 g/mol. The highest BCUT2D eigenvalue weighted by molar-refractivity contribution is 14.1. The van der Waals surface area contributed by atoms with Gasteiger partial charge in [0.25, 0.3) is 0 Å². The van der Waals surface area contributed by atoms with E-state index >= 15 is 0 Å². The molecule has 0 saturated carbocycles. The van der Waals surface area contributed by atoms with Gasteiger partial charge in [0.15, 0.2) is 0 Å². The third kappa shape index (κ3) is 2.59. The summed E-state index contributed by atoms with van der Waals surface area (Å²) in [4.78, 5) is 8.64. The molecule has 0 bridgehead atoms. The van der Waals surface area contributed by atoms with Gasteiger partial charge in [0.05, 0.1) is 0 Å². The van der Waals surface area contributed by atoms with Gasteiger partial charge in [-0.1, -0.05) is 0 Å². The molecule has 88 valence electrons. The van der Waals surface area contributed by atoms with Gasteiger partial charge < -0.3 is 5.73 Å².